The standard InChI is InChI=1S/C20H19F3N4O5S/c1-26(2)33(31,32)15-10-6-9-14(11-15)24-16(28)12-27-17(29)19(20(21,22)23,25-18(27)30)13-7-4-3-5-8-13/h3-11H,12H2,1-2H3,(H,24,28)(H,25,30). The van der Waals surface area contributed by atoms with Gasteiger partial charge in [-0.25, -0.2) is 17.5 Å². The van der Waals surface area contributed by atoms with Gasteiger partial charge in [-0.3, -0.25) is 14.5 Å². The summed E-state index contributed by atoms with van der Waals surface area (Å²) in [6.45, 7) is -1.01. The predicted octanol–water partition coefficient (Wildman–Crippen LogP) is 1.89. The molecule has 1 atom stereocenters. The molecule has 2 N–H and O–H groups in total. The highest BCUT2D eigenvalue weighted by atomic mass is 32.2. The number of sulfonamides is 1. The molecule has 1 aliphatic rings. The van der Waals surface area contributed by atoms with Crippen molar-refractivity contribution in [2.24, 2.45) is 0 Å². The lowest BCUT2D eigenvalue weighted by Crippen LogP contribution is -2.55. The molecule has 0 radical (unpaired) electrons. The first-order valence-corrected chi connectivity index (χ1v) is 10.8. The van der Waals surface area contributed by atoms with Gasteiger partial charge in [0.25, 0.3) is 5.91 Å². The number of amides is 4. The zero-order valence-electron chi connectivity index (χ0n) is 17.4. The Labute approximate surface area is 187 Å². The van der Waals surface area contributed by atoms with Gasteiger partial charge in [0.05, 0.1) is 4.90 Å². The van der Waals surface area contributed by atoms with Crippen LogP contribution in [0.3, 0.4) is 0 Å². The van der Waals surface area contributed by atoms with Gasteiger partial charge in [-0.1, -0.05) is 36.4 Å². The van der Waals surface area contributed by atoms with E-state index in [1.165, 1.54) is 50.5 Å². The van der Waals surface area contributed by atoms with Gasteiger partial charge in [-0.2, -0.15) is 13.2 Å². The molecule has 3 rings (SSSR count). The summed E-state index contributed by atoms with van der Waals surface area (Å²) in [6, 6.07) is 9.86. The average Bonchev–Trinajstić information content (AvgIpc) is 3.00. The molecule has 0 aliphatic carbocycles. The van der Waals surface area contributed by atoms with Gasteiger partial charge >= 0.3 is 12.2 Å². The minimum atomic E-state index is -5.18. The smallest absolute Gasteiger partial charge is 0.324 e. The predicted molar refractivity (Wildman–Crippen MR) is 110 cm³/mol. The second-order valence-corrected chi connectivity index (χ2v) is 9.45. The first-order chi connectivity index (χ1) is 15.3. The Morgan fingerprint density at radius 1 is 1.09 bits per heavy atom. The summed E-state index contributed by atoms with van der Waals surface area (Å²) < 4.78 is 67.4. The maximum Gasteiger partial charge on any atom is 0.425 e. The maximum atomic E-state index is 14.0. The lowest BCUT2D eigenvalue weighted by molar-refractivity contribution is -0.198. The summed E-state index contributed by atoms with van der Waals surface area (Å²) in [7, 11) is -1.17. The highest BCUT2D eigenvalue weighted by Crippen LogP contribution is 2.43. The van der Waals surface area contributed by atoms with Gasteiger partial charge in [-0.05, 0) is 23.8 Å². The first kappa shape index (κ1) is 24.2. The molecule has 1 fully saturated rings. The number of imide groups is 1. The number of urea groups is 1. The number of rotatable bonds is 6. The molecule has 0 spiro atoms. The van der Waals surface area contributed by atoms with Crippen molar-refractivity contribution < 1.29 is 36.0 Å². The van der Waals surface area contributed by atoms with Crippen molar-refractivity contribution in [1.82, 2.24) is 14.5 Å². The third kappa shape index (κ3) is 4.28. The largest absolute Gasteiger partial charge is 0.425 e. The van der Waals surface area contributed by atoms with Crippen molar-refractivity contribution in [3.63, 3.8) is 0 Å². The van der Waals surface area contributed by atoms with Crippen LogP contribution in [0.4, 0.5) is 23.7 Å². The number of carbonyl (C=O) groups excluding carboxylic acids is 3. The Bertz CT molecular complexity index is 1200. The van der Waals surface area contributed by atoms with Crippen LogP contribution in [0.5, 0.6) is 0 Å². The van der Waals surface area contributed by atoms with Gasteiger partial charge in [0.15, 0.2) is 0 Å². The Hall–Kier alpha value is -3.45. The number of benzene rings is 2. The van der Waals surface area contributed by atoms with Crippen LogP contribution in [0.2, 0.25) is 0 Å². The van der Waals surface area contributed by atoms with Crippen LogP contribution in [-0.2, 0) is 25.2 Å². The fourth-order valence-corrected chi connectivity index (χ4v) is 4.20. The van der Waals surface area contributed by atoms with Crippen molar-refractivity contribution >= 4 is 33.6 Å². The zero-order valence-corrected chi connectivity index (χ0v) is 18.2. The lowest BCUT2D eigenvalue weighted by atomic mass is 9.89. The molecule has 176 valence electrons. The van der Waals surface area contributed by atoms with Crippen molar-refractivity contribution in [2.75, 3.05) is 26.0 Å². The van der Waals surface area contributed by atoms with Crippen LogP contribution in [-0.4, -0.2) is 62.3 Å². The Morgan fingerprint density at radius 2 is 1.73 bits per heavy atom. The van der Waals surface area contributed by atoms with E-state index in [4.69, 9.17) is 0 Å². The van der Waals surface area contributed by atoms with E-state index in [1.54, 1.807) is 5.32 Å². The van der Waals surface area contributed by atoms with E-state index in [2.05, 4.69) is 5.32 Å². The molecule has 13 heteroatoms. The topological polar surface area (TPSA) is 116 Å². The molecule has 0 aromatic heterocycles. The molecule has 0 saturated carbocycles. The summed E-state index contributed by atoms with van der Waals surface area (Å²) >= 11 is 0. The third-order valence-corrected chi connectivity index (χ3v) is 6.75. The van der Waals surface area contributed by atoms with Crippen molar-refractivity contribution in [3.05, 3.63) is 60.2 Å². The van der Waals surface area contributed by atoms with E-state index in [0.717, 1.165) is 22.5 Å². The molecule has 9 nitrogen and oxygen atoms in total. The molecule has 33 heavy (non-hydrogen) atoms. The van der Waals surface area contributed by atoms with Crippen LogP contribution in [0, 0.1) is 0 Å². The summed E-state index contributed by atoms with van der Waals surface area (Å²) in [5.74, 6) is -2.64. The third-order valence-electron chi connectivity index (χ3n) is 4.94. The summed E-state index contributed by atoms with van der Waals surface area (Å²) in [5, 5.41) is 3.97. The number of anilines is 1. The monoisotopic (exact) mass is 484 g/mol. The van der Waals surface area contributed by atoms with E-state index < -0.39 is 51.7 Å². The van der Waals surface area contributed by atoms with Gasteiger partial charge in [0.2, 0.25) is 21.5 Å². The first-order valence-electron chi connectivity index (χ1n) is 9.39. The van der Waals surface area contributed by atoms with Crippen LogP contribution in [0.25, 0.3) is 0 Å². The van der Waals surface area contributed by atoms with Gasteiger partial charge < -0.3 is 10.6 Å². The molecular formula is C20H19F3N4O5S. The highest BCUT2D eigenvalue weighted by Gasteiger charge is 2.68. The molecule has 2 aromatic carbocycles. The number of alkyl halides is 3. The van der Waals surface area contributed by atoms with Crippen molar-refractivity contribution in [2.45, 2.75) is 16.6 Å². The fourth-order valence-electron chi connectivity index (χ4n) is 3.25. The molecule has 1 aliphatic heterocycles. The number of hydrogen-bond acceptors (Lipinski definition) is 5. The number of nitrogens with one attached hydrogen (secondary N) is 2. The van der Waals surface area contributed by atoms with Crippen molar-refractivity contribution in [1.29, 1.82) is 0 Å². The average molecular weight is 484 g/mol. The molecule has 2 aromatic rings. The number of hydrogen-bond donors (Lipinski definition) is 2. The molecule has 0 bridgehead atoms. The van der Waals surface area contributed by atoms with Crippen molar-refractivity contribution in [3.8, 4) is 0 Å². The van der Waals surface area contributed by atoms with Crippen LogP contribution in [0.1, 0.15) is 5.56 Å². The van der Waals surface area contributed by atoms with Crippen LogP contribution in [0.15, 0.2) is 59.5 Å². The fraction of sp³-hybridized carbons (Fsp3) is 0.250. The minimum Gasteiger partial charge on any atom is -0.324 e. The molecule has 1 unspecified atom stereocenters. The van der Waals surface area contributed by atoms with Gasteiger partial charge in [0.1, 0.15) is 6.54 Å². The van der Waals surface area contributed by atoms with E-state index in [-0.39, 0.29) is 15.5 Å². The Balaban J connectivity index is 1.84. The van der Waals surface area contributed by atoms with Crippen LogP contribution >= 0.6 is 0 Å². The lowest BCUT2D eigenvalue weighted by Gasteiger charge is -2.29. The SMILES string of the molecule is CN(C)S(=O)(=O)c1cccc(NC(=O)CN2C(=O)NC(c3ccccc3)(C(F)(F)F)C2=O)c1. The highest BCUT2D eigenvalue weighted by molar-refractivity contribution is 7.89. The molecule has 1 saturated heterocycles. The number of carbonyl (C=O) groups is 3. The number of halogens is 3. The summed E-state index contributed by atoms with van der Waals surface area (Å²) in [5.41, 5.74) is -3.81. The summed E-state index contributed by atoms with van der Waals surface area (Å²) in [6.07, 6.45) is -5.18. The van der Waals surface area contributed by atoms with Gasteiger partial charge in [-0.15, -0.1) is 0 Å². The molecular weight excluding hydrogens is 465 g/mol. The van der Waals surface area contributed by atoms with E-state index in [1.807, 2.05) is 0 Å². The van der Waals surface area contributed by atoms with E-state index in [0.29, 0.717) is 0 Å². The summed E-state index contributed by atoms with van der Waals surface area (Å²) in [4.78, 5) is 37.5. The Kier molecular flexibility index (Phi) is 6.22. The maximum absolute atomic E-state index is 14.0. The van der Waals surface area contributed by atoms with Crippen LogP contribution < -0.4 is 10.6 Å². The second-order valence-electron chi connectivity index (χ2n) is 7.30. The minimum absolute atomic E-state index is 0.0140. The molecule has 1 heterocycles. The Morgan fingerprint density at radius 3 is 2.30 bits per heavy atom. The normalized spacial score (nSPS) is 19.0. The van der Waals surface area contributed by atoms with Gasteiger partial charge in [0, 0.05) is 19.8 Å². The number of nitrogens with zero attached hydrogens (tertiary/aromatic N) is 2. The second kappa shape index (κ2) is 8.48. The van der Waals surface area contributed by atoms with E-state index in [9.17, 15) is 36.0 Å². The van der Waals surface area contributed by atoms with E-state index >= 15 is 0 Å². The molecule has 4 amide bonds. The zero-order chi connectivity index (χ0) is 24.6. The quantitative estimate of drug-likeness (QED) is 0.608.